The molecule has 0 radical (unpaired) electrons. The summed E-state index contributed by atoms with van der Waals surface area (Å²) in [4.78, 5) is 26.9. The molecule has 0 fully saturated rings. The Morgan fingerprint density at radius 1 is 1.34 bits per heavy atom. The molecule has 0 saturated heterocycles. The first-order chi connectivity index (χ1) is 13.8. The highest BCUT2D eigenvalue weighted by atomic mass is 32.2. The minimum Gasteiger partial charge on any atom is -0.444 e. The van der Waals surface area contributed by atoms with Crippen molar-refractivity contribution in [2.75, 3.05) is 12.3 Å². The van der Waals surface area contributed by atoms with Crippen LogP contribution in [0.25, 0.3) is 4.83 Å². The van der Waals surface area contributed by atoms with E-state index >= 15 is 0 Å². The van der Waals surface area contributed by atoms with Gasteiger partial charge in [0.1, 0.15) is 22.8 Å². The summed E-state index contributed by atoms with van der Waals surface area (Å²) in [5.41, 5.74) is 0.380. The predicted molar refractivity (Wildman–Crippen MR) is 107 cm³/mol. The second-order valence-electron chi connectivity index (χ2n) is 5.51. The highest BCUT2D eigenvalue weighted by Gasteiger charge is 2.15. The number of carbonyl (C=O) groups excluding carboxylic acids is 1. The van der Waals surface area contributed by atoms with Crippen LogP contribution in [0.15, 0.2) is 47.2 Å². The van der Waals surface area contributed by atoms with Gasteiger partial charge in [0.2, 0.25) is 0 Å². The molecule has 29 heavy (non-hydrogen) atoms. The van der Waals surface area contributed by atoms with Crippen molar-refractivity contribution in [2.45, 2.75) is 11.6 Å². The monoisotopic (exact) mass is 457 g/mol. The number of nitro benzene ring substituents is 1. The molecule has 11 nitrogen and oxygen atoms in total. The molecule has 0 aliphatic carbocycles. The van der Waals surface area contributed by atoms with Gasteiger partial charge in [0.15, 0.2) is 0 Å². The van der Waals surface area contributed by atoms with Gasteiger partial charge in [0, 0.05) is 36.0 Å². The number of benzene rings is 1. The number of amides is 1. The van der Waals surface area contributed by atoms with Crippen molar-refractivity contribution >= 4 is 49.9 Å². The van der Waals surface area contributed by atoms with E-state index in [0.29, 0.717) is 11.3 Å². The van der Waals surface area contributed by atoms with E-state index in [1.165, 1.54) is 47.4 Å². The van der Waals surface area contributed by atoms with Crippen molar-refractivity contribution in [1.82, 2.24) is 18.8 Å². The number of nitrogens with one attached hydrogen (secondary N) is 2. The minimum absolute atomic E-state index is 0.0834. The van der Waals surface area contributed by atoms with Crippen LogP contribution >= 0.6 is 23.1 Å². The number of thioether (sulfide) groups is 1. The molecule has 154 valence electrons. The molecule has 0 saturated carbocycles. The Morgan fingerprint density at radius 2 is 2.10 bits per heavy atom. The van der Waals surface area contributed by atoms with E-state index in [0.717, 1.165) is 9.86 Å². The van der Waals surface area contributed by atoms with Crippen molar-refractivity contribution in [3.05, 3.63) is 57.8 Å². The summed E-state index contributed by atoms with van der Waals surface area (Å²) in [5, 5.41) is 13.3. The van der Waals surface area contributed by atoms with E-state index in [1.54, 1.807) is 11.0 Å². The quantitative estimate of drug-likeness (QED) is 0.215. The highest BCUT2D eigenvalue weighted by Crippen LogP contribution is 2.25. The van der Waals surface area contributed by atoms with Gasteiger partial charge in [-0.2, -0.15) is 13.1 Å². The standard InChI is InChI=1S/C15H15N5O6S3/c21-15(26-9-11-1-3-12(4-2-11)20(22)23)18-29(24,25)17-5-7-27-13-14-19(10-16-13)6-8-28-14/h1-4,6,8,10,17H,5,7,9H2,(H,18,21). The Hall–Kier alpha value is -2.68. The molecule has 0 bridgehead atoms. The van der Waals surface area contributed by atoms with Gasteiger partial charge in [0.25, 0.3) is 5.69 Å². The third-order valence-corrected chi connectivity index (χ3v) is 6.50. The molecule has 0 unspecified atom stereocenters. The lowest BCUT2D eigenvalue weighted by Gasteiger charge is -2.09. The van der Waals surface area contributed by atoms with Crippen LogP contribution in [0.5, 0.6) is 0 Å². The summed E-state index contributed by atoms with van der Waals surface area (Å²) in [7, 11) is -4.08. The van der Waals surface area contributed by atoms with Crippen LogP contribution in [0, 0.1) is 10.1 Å². The summed E-state index contributed by atoms with van der Waals surface area (Å²) in [6.45, 7) is -0.146. The topological polar surface area (TPSA) is 145 Å². The van der Waals surface area contributed by atoms with Crippen LogP contribution < -0.4 is 9.44 Å². The summed E-state index contributed by atoms with van der Waals surface area (Å²) in [6, 6.07) is 5.35. The number of fused-ring (bicyclic) bond motifs is 1. The molecule has 3 rings (SSSR count). The fraction of sp³-hybridized carbons (Fsp3) is 0.200. The van der Waals surface area contributed by atoms with Gasteiger partial charge in [-0.1, -0.05) is 0 Å². The molecule has 2 N–H and O–H groups in total. The van der Waals surface area contributed by atoms with E-state index < -0.39 is 21.2 Å². The van der Waals surface area contributed by atoms with Crippen molar-refractivity contribution in [3.8, 4) is 0 Å². The second kappa shape index (κ2) is 9.21. The van der Waals surface area contributed by atoms with Crippen LogP contribution in [0.1, 0.15) is 5.56 Å². The van der Waals surface area contributed by atoms with E-state index in [1.807, 2.05) is 16.0 Å². The maximum Gasteiger partial charge on any atom is 0.422 e. The molecule has 1 amide bonds. The highest BCUT2D eigenvalue weighted by molar-refractivity contribution is 7.99. The number of hydrogen-bond acceptors (Lipinski definition) is 9. The largest absolute Gasteiger partial charge is 0.444 e. The maximum atomic E-state index is 11.9. The molecule has 1 aromatic carbocycles. The third-order valence-electron chi connectivity index (χ3n) is 3.49. The molecule has 0 aliphatic rings. The average Bonchev–Trinajstić information content (AvgIpc) is 3.28. The molecule has 14 heteroatoms. The first-order valence-electron chi connectivity index (χ1n) is 8.04. The Labute approximate surface area is 173 Å². The number of carbonyl (C=O) groups is 1. The van der Waals surface area contributed by atoms with E-state index in [-0.39, 0.29) is 18.8 Å². The van der Waals surface area contributed by atoms with Gasteiger partial charge >= 0.3 is 16.3 Å². The Kier molecular flexibility index (Phi) is 6.68. The van der Waals surface area contributed by atoms with Crippen LogP contribution in [0.3, 0.4) is 0 Å². The molecular weight excluding hydrogens is 442 g/mol. The number of nitrogens with zero attached hydrogens (tertiary/aromatic N) is 3. The van der Waals surface area contributed by atoms with Gasteiger partial charge in [-0.05, 0) is 17.7 Å². The first-order valence-corrected chi connectivity index (χ1v) is 11.4. The number of ether oxygens (including phenoxy) is 1. The van der Waals surface area contributed by atoms with Crippen molar-refractivity contribution < 1.29 is 22.9 Å². The van der Waals surface area contributed by atoms with Crippen LogP contribution in [0.2, 0.25) is 0 Å². The Morgan fingerprint density at radius 3 is 2.83 bits per heavy atom. The predicted octanol–water partition coefficient (Wildman–Crippen LogP) is 2.16. The zero-order valence-corrected chi connectivity index (χ0v) is 17.1. The fourth-order valence-corrected chi connectivity index (χ4v) is 4.80. The van der Waals surface area contributed by atoms with Crippen LogP contribution in [-0.4, -0.2) is 41.1 Å². The average molecular weight is 458 g/mol. The fourth-order valence-electron chi connectivity index (χ4n) is 2.17. The Balaban J connectivity index is 1.39. The van der Waals surface area contributed by atoms with Crippen LogP contribution in [0.4, 0.5) is 10.5 Å². The second-order valence-corrected chi connectivity index (χ2v) is 8.99. The first kappa shape index (κ1) is 21.0. The molecule has 0 spiro atoms. The lowest BCUT2D eigenvalue weighted by atomic mass is 10.2. The molecular formula is C15H15N5O6S3. The van der Waals surface area contributed by atoms with Gasteiger partial charge in [0.05, 0.1) is 4.92 Å². The molecule has 3 aromatic rings. The summed E-state index contributed by atoms with van der Waals surface area (Å²) < 4.78 is 34.4. The molecule has 2 aromatic heterocycles. The van der Waals surface area contributed by atoms with Crippen molar-refractivity contribution in [3.63, 3.8) is 0 Å². The van der Waals surface area contributed by atoms with E-state index in [2.05, 4.69) is 9.71 Å². The number of hydrogen-bond donors (Lipinski definition) is 2. The van der Waals surface area contributed by atoms with Crippen LogP contribution in [-0.2, 0) is 21.6 Å². The Bertz CT molecular complexity index is 1110. The van der Waals surface area contributed by atoms with Gasteiger partial charge < -0.3 is 4.74 Å². The normalized spacial score (nSPS) is 11.4. The minimum atomic E-state index is -4.08. The maximum absolute atomic E-state index is 11.9. The number of non-ortho nitro benzene ring substituents is 1. The number of rotatable bonds is 9. The van der Waals surface area contributed by atoms with Crippen molar-refractivity contribution in [1.29, 1.82) is 0 Å². The lowest BCUT2D eigenvalue weighted by molar-refractivity contribution is -0.384. The SMILES string of the molecule is O=C(NS(=O)(=O)NCCSc1ncn2ccsc12)OCc1ccc([N+](=O)[O-])cc1. The molecule has 2 heterocycles. The van der Waals surface area contributed by atoms with E-state index in [9.17, 15) is 23.3 Å². The lowest BCUT2D eigenvalue weighted by Crippen LogP contribution is -2.41. The summed E-state index contributed by atoms with van der Waals surface area (Å²) in [6.07, 6.45) is 2.41. The number of thiazole rings is 1. The number of imidazole rings is 1. The zero-order chi connectivity index (χ0) is 20.9. The summed E-state index contributed by atoms with van der Waals surface area (Å²) in [5.74, 6) is 0.420. The number of nitro groups is 1. The van der Waals surface area contributed by atoms with Gasteiger partial charge in [-0.15, -0.1) is 23.1 Å². The van der Waals surface area contributed by atoms with Gasteiger partial charge in [-0.25, -0.2) is 14.5 Å². The molecule has 0 aliphatic heterocycles. The summed E-state index contributed by atoms with van der Waals surface area (Å²) >= 11 is 2.92. The number of aromatic nitrogens is 2. The van der Waals surface area contributed by atoms with Gasteiger partial charge in [-0.3, -0.25) is 14.5 Å². The van der Waals surface area contributed by atoms with Crippen molar-refractivity contribution in [2.24, 2.45) is 0 Å². The molecule has 0 atom stereocenters. The smallest absolute Gasteiger partial charge is 0.422 e. The third kappa shape index (κ3) is 5.90. The zero-order valence-electron chi connectivity index (χ0n) is 14.7. The van der Waals surface area contributed by atoms with E-state index in [4.69, 9.17) is 4.74 Å².